The monoisotopic (exact) mass is 178 g/mol. The van der Waals surface area contributed by atoms with Gasteiger partial charge in [-0.05, 0) is 5.75 Å². The van der Waals surface area contributed by atoms with Gasteiger partial charge >= 0.3 is 5.25 Å². The highest BCUT2D eigenvalue weighted by atomic mass is 35.5. The van der Waals surface area contributed by atoms with E-state index < -0.39 is 10.9 Å². The van der Waals surface area contributed by atoms with Gasteiger partial charge in [-0.3, -0.25) is 0 Å². The van der Waals surface area contributed by atoms with Gasteiger partial charge < -0.3 is 0 Å². The molecule has 0 saturated heterocycles. The van der Waals surface area contributed by atoms with Crippen molar-refractivity contribution >= 4 is 23.4 Å². The topological polar surface area (TPSA) is 0 Å². The Morgan fingerprint density at radius 2 is 2.11 bits per heavy atom. The van der Waals surface area contributed by atoms with Crippen molar-refractivity contribution in [2.24, 2.45) is 0 Å². The fraction of sp³-hybridized carbons (Fsp3) is 1.00. The zero-order valence-corrected chi connectivity index (χ0v) is 6.28. The molecule has 0 rings (SSSR count). The summed E-state index contributed by atoms with van der Waals surface area (Å²) in [5.41, 5.74) is -2.58. The van der Waals surface area contributed by atoms with Crippen molar-refractivity contribution in [2.45, 2.75) is 17.8 Å². The van der Waals surface area contributed by atoms with Gasteiger partial charge in [-0.2, -0.15) is 8.78 Å². The van der Waals surface area contributed by atoms with E-state index in [4.69, 9.17) is 0 Å². The van der Waals surface area contributed by atoms with E-state index in [0.29, 0.717) is 0 Å². The van der Waals surface area contributed by atoms with Crippen molar-refractivity contribution in [1.29, 1.82) is 0 Å². The maximum absolute atomic E-state index is 12.0. The van der Waals surface area contributed by atoms with Crippen molar-refractivity contribution < 1.29 is 13.2 Å². The summed E-state index contributed by atoms with van der Waals surface area (Å²) in [5.74, 6) is 0.153. The van der Waals surface area contributed by atoms with Crippen molar-refractivity contribution in [3.8, 4) is 0 Å². The molecular weight excluding hydrogens is 173 g/mol. The second-order valence-electron chi connectivity index (χ2n) is 1.30. The van der Waals surface area contributed by atoms with Gasteiger partial charge in [-0.1, -0.05) is 30.3 Å². The molecule has 0 amide bonds. The molecule has 0 aliphatic carbocycles. The fourth-order valence-electron chi connectivity index (χ4n) is 0.255. The lowest BCUT2D eigenvalue weighted by Crippen LogP contribution is -2.20. The molecule has 56 valence electrons. The summed E-state index contributed by atoms with van der Waals surface area (Å²) in [6, 6.07) is 0. The smallest absolute Gasteiger partial charge is 0.222 e. The van der Waals surface area contributed by atoms with E-state index in [-0.39, 0.29) is 17.5 Å². The van der Waals surface area contributed by atoms with Crippen LogP contribution in [0.3, 0.4) is 0 Å². The summed E-state index contributed by atoms with van der Waals surface area (Å²) in [5, 5.41) is -3.43. The van der Waals surface area contributed by atoms with Gasteiger partial charge in [-0.15, -0.1) is 0 Å². The average molecular weight is 179 g/mol. The summed E-state index contributed by atoms with van der Waals surface area (Å²) in [4.78, 5) is 0. The first-order chi connectivity index (χ1) is 4.00. The van der Waals surface area contributed by atoms with Crippen LogP contribution in [0.4, 0.5) is 13.2 Å². The molecular formula is C4H6ClF3S. The minimum Gasteiger partial charge on any atom is -0.222 e. The summed E-state index contributed by atoms with van der Waals surface area (Å²) in [6.45, 7) is 1.51. The van der Waals surface area contributed by atoms with Crippen LogP contribution in [0.1, 0.15) is 6.92 Å². The van der Waals surface area contributed by atoms with Crippen LogP contribution < -0.4 is 0 Å². The molecule has 0 radical (unpaired) electrons. The highest BCUT2D eigenvalue weighted by molar-refractivity contribution is 8.00. The van der Waals surface area contributed by atoms with Crippen molar-refractivity contribution in [1.82, 2.24) is 0 Å². The maximum Gasteiger partial charge on any atom is 0.338 e. The molecule has 0 aliphatic rings. The highest BCUT2D eigenvalue weighted by Gasteiger charge is 2.38. The minimum atomic E-state index is -3.43. The molecule has 0 heterocycles. The van der Waals surface area contributed by atoms with Crippen LogP contribution in [0.2, 0.25) is 0 Å². The second kappa shape index (κ2) is 3.56. The quantitative estimate of drug-likeness (QED) is 0.599. The Bertz CT molecular complexity index is 85.9. The molecule has 0 fully saturated rings. The van der Waals surface area contributed by atoms with E-state index >= 15 is 0 Å². The van der Waals surface area contributed by atoms with E-state index in [2.05, 4.69) is 11.6 Å². The maximum atomic E-state index is 12.0. The van der Waals surface area contributed by atoms with Crippen LogP contribution in [-0.4, -0.2) is 16.6 Å². The van der Waals surface area contributed by atoms with Crippen molar-refractivity contribution in [2.75, 3.05) is 5.75 Å². The average Bonchev–Trinajstić information content (AvgIpc) is 1.65. The lowest BCUT2D eigenvalue weighted by Gasteiger charge is -2.13. The lowest BCUT2D eigenvalue weighted by atomic mass is 10.8. The highest BCUT2D eigenvalue weighted by Crippen LogP contribution is 2.35. The molecule has 0 bridgehead atoms. The molecule has 1 atom stereocenters. The molecule has 0 unspecified atom stereocenters. The molecule has 0 aromatic rings. The minimum absolute atomic E-state index is 0.153. The Morgan fingerprint density at radius 1 is 1.67 bits per heavy atom. The summed E-state index contributed by atoms with van der Waals surface area (Å²) >= 11 is 4.71. The Labute approximate surface area is 60.8 Å². The van der Waals surface area contributed by atoms with Gasteiger partial charge in [0.1, 0.15) is 0 Å². The predicted octanol–water partition coefficient (Wildman–Crippen LogP) is 2.87. The van der Waals surface area contributed by atoms with E-state index in [1.165, 1.54) is 6.92 Å². The van der Waals surface area contributed by atoms with Crippen molar-refractivity contribution in [3.05, 3.63) is 0 Å². The van der Waals surface area contributed by atoms with Gasteiger partial charge in [0.05, 0.1) is 0 Å². The van der Waals surface area contributed by atoms with Gasteiger partial charge in [-0.25, -0.2) is 4.39 Å². The summed E-state index contributed by atoms with van der Waals surface area (Å²) in [6.07, 6.45) is 0. The molecule has 0 N–H and O–H groups in total. The molecule has 0 aromatic carbocycles. The fourth-order valence-corrected chi connectivity index (χ4v) is 0.955. The van der Waals surface area contributed by atoms with E-state index in [9.17, 15) is 13.2 Å². The predicted molar refractivity (Wildman–Crippen MR) is 33.8 cm³/mol. The third-order valence-electron chi connectivity index (χ3n) is 0.591. The Balaban J connectivity index is 3.70. The standard InChI is InChI=1S/C4H6ClF3S/c1-2-9-4(7,8)3(5)6/h3H,2H2,1H3/t3-/m1/s1. The van der Waals surface area contributed by atoms with Gasteiger partial charge in [0, 0.05) is 0 Å². The van der Waals surface area contributed by atoms with Crippen LogP contribution >= 0.6 is 23.4 Å². The summed E-state index contributed by atoms with van der Waals surface area (Å²) < 4.78 is 35.7. The lowest BCUT2D eigenvalue weighted by molar-refractivity contribution is 0.0538. The van der Waals surface area contributed by atoms with E-state index in [0.717, 1.165) is 0 Å². The first-order valence-corrected chi connectivity index (χ1v) is 3.73. The number of alkyl halides is 4. The zero-order valence-electron chi connectivity index (χ0n) is 4.70. The van der Waals surface area contributed by atoms with Crippen molar-refractivity contribution in [3.63, 3.8) is 0 Å². The molecule has 0 spiro atoms. The van der Waals surface area contributed by atoms with Crippen LogP contribution in [0, 0.1) is 0 Å². The molecule has 0 aliphatic heterocycles. The Morgan fingerprint density at radius 3 is 2.22 bits per heavy atom. The third kappa shape index (κ3) is 3.20. The number of hydrogen-bond acceptors (Lipinski definition) is 1. The summed E-state index contributed by atoms with van der Waals surface area (Å²) in [7, 11) is 0. The first-order valence-electron chi connectivity index (χ1n) is 2.30. The molecule has 0 nitrogen and oxygen atoms in total. The number of rotatable bonds is 3. The van der Waals surface area contributed by atoms with Crippen LogP contribution in [-0.2, 0) is 0 Å². The van der Waals surface area contributed by atoms with Crippen LogP contribution in [0.5, 0.6) is 0 Å². The number of halogens is 4. The van der Waals surface area contributed by atoms with Crippen LogP contribution in [0.15, 0.2) is 0 Å². The SMILES string of the molecule is CCSC(F)(F)[C@@H](F)Cl. The molecule has 9 heavy (non-hydrogen) atoms. The number of hydrogen-bond donors (Lipinski definition) is 0. The zero-order chi connectivity index (χ0) is 7.49. The first kappa shape index (κ1) is 9.43. The van der Waals surface area contributed by atoms with Gasteiger partial charge in [0.2, 0.25) is 5.63 Å². The van der Waals surface area contributed by atoms with E-state index in [1.807, 2.05) is 0 Å². The van der Waals surface area contributed by atoms with Gasteiger partial charge in [0.15, 0.2) is 0 Å². The van der Waals surface area contributed by atoms with E-state index in [1.54, 1.807) is 0 Å². The normalized spacial score (nSPS) is 15.7. The Kier molecular flexibility index (Phi) is 3.73. The third-order valence-corrected chi connectivity index (χ3v) is 1.87. The molecule has 5 heteroatoms. The molecule has 0 aromatic heterocycles. The van der Waals surface area contributed by atoms with Gasteiger partial charge in [0.25, 0.3) is 0 Å². The Hall–Kier alpha value is 0.430. The van der Waals surface area contributed by atoms with Crippen LogP contribution in [0.25, 0.3) is 0 Å². The second-order valence-corrected chi connectivity index (χ2v) is 3.09. The number of thioether (sulfide) groups is 1. The largest absolute Gasteiger partial charge is 0.338 e. The molecule has 0 saturated carbocycles.